The van der Waals surface area contributed by atoms with E-state index in [0.29, 0.717) is 25.4 Å². The zero-order chi connectivity index (χ0) is 18.5. The monoisotopic (exact) mass is 365 g/mol. The summed E-state index contributed by atoms with van der Waals surface area (Å²) < 4.78 is 0. The highest BCUT2D eigenvalue weighted by molar-refractivity contribution is 5.84. The van der Waals surface area contributed by atoms with Crippen molar-refractivity contribution in [2.24, 2.45) is 11.8 Å². The molecule has 3 rings (SSSR count). The molecule has 0 aromatic rings. The number of carboxylic acids is 1. The quantitative estimate of drug-likeness (QED) is 0.628. The summed E-state index contributed by atoms with van der Waals surface area (Å²) in [6, 6.07) is -0.549. The zero-order valence-electron chi connectivity index (χ0n) is 15.4. The predicted octanol–water partition coefficient (Wildman–Crippen LogP) is 2.11. The molecule has 0 aromatic carbocycles. The van der Waals surface area contributed by atoms with Gasteiger partial charge in [-0.15, -0.1) is 0 Å². The van der Waals surface area contributed by atoms with Gasteiger partial charge in [0.2, 0.25) is 5.91 Å². The van der Waals surface area contributed by atoms with Crippen molar-refractivity contribution in [1.29, 1.82) is 0 Å². The number of aliphatic carboxylic acids is 1. The summed E-state index contributed by atoms with van der Waals surface area (Å²) in [5.74, 6) is -0.505. The smallest absolute Gasteiger partial charge is 0.326 e. The molecular formula is C19H31N3O4. The van der Waals surface area contributed by atoms with Crippen LogP contribution >= 0.6 is 0 Å². The van der Waals surface area contributed by atoms with Crippen LogP contribution in [0.4, 0.5) is 4.79 Å². The highest BCUT2D eigenvalue weighted by Gasteiger charge is 2.49. The van der Waals surface area contributed by atoms with Crippen molar-refractivity contribution in [2.75, 3.05) is 13.1 Å². The van der Waals surface area contributed by atoms with Gasteiger partial charge < -0.3 is 20.6 Å². The minimum atomic E-state index is -0.877. The van der Waals surface area contributed by atoms with Crippen LogP contribution in [0.5, 0.6) is 0 Å². The molecule has 1 saturated heterocycles. The molecule has 26 heavy (non-hydrogen) atoms. The first-order chi connectivity index (χ1) is 12.6. The molecule has 0 spiro atoms. The fourth-order valence-electron chi connectivity index (χ4n) is 4.95. The molecule has 0 bridgehead atoms. The molecule has 3 atom stereocenters. The van der Waals surface area contributed by atoms with Gasteiger partial charge in [-0.3, -0.25) is 4.79 Å². The number of amides is 3. The van der Waals surface area contributed by atoms with Gasteiger partial charge in [-0.05, 0) is 43.9 Å². The Morgan fingerprint density at radius 1 is 1.00 bits per heavy atom. The summed E-state index contributed by atoms with van der Waals surface area (Å²) in [4.78, 5) is 37.6. The summed E-state index contributed by atoms with van der Waals surface area (Å²) in [6.07, 6.45) is 9.50. The third-order valence-corrected chi connectivity index (χ3v) is 6.26. The van der Waals surface area contributed by atoms with E-state index in [1.807, 2.05) is 0 Å². The van der Waals surface area contributed by atoms with Gasteiger partial charge in [-0.1, -0.05) is 25.7 Å². The minimum absolute atomic E-state index is 0.0960. The lowest BCUT2D eigenvalue weighted by atomic mass is 9.94. The minimum Gasteiger partial charge on any atom is -0.480 e. The lowest BCUT2D eigenvalue weighted by Crippen LogP contribution is -2.44. The summed E-state index contributed by atoms with van der Waals surface area (Å²) >= 11 is 0. The Balaban J connectivity index is 1.37. The topological polar surface area (TPSA) is 98.7 Å². The summed E-state index contributed by atoms with van der Waals surface area (Å²) in [5.41, 5.74) is 0. The predicted molar refractivity (Wildman–Crippen MR) is 96.6 cm³/mol. The average molecular weight is 365 g/mol. The summed E-state index contributed by atoms with van der Waals surface area (Å²) in [7, 11) is 0. The molecule has 7 nitrogen and oxygen atoms in total. The van der Waals surface area contributed by atoms with Crippen LogP contribution in [0.2, 0.25) is 0 Å². The standard InChI is InChI=1S/C19H31N3O4/c23-16(22-12-13-6-4-9-15(13)17(22)18(24)25)10-5-11-20-19(26)21-14-7-2-1-3-8-14/h13-15,17H,1-12H2,(H,24,25)(H2,20,21,26). The number of hydrogen-bond acceptors (Lipinski definition) is 3. The second kappa shape index (κ2) is 8.73. The van der Waals surface area contributed by atoms with Crippen molar-refractivity contribution in [2.45, 2.75) is 76.3 Å². The molecule has 2 aliphatic carbocycles. The Hall–Kier alpha value is -1.79. The fourth-order valence-corrected chi connectivity index (χ4v) is 4.95. The molecule has 3 N–H and O–H groups in total. The molecule has 1 heterocycles. The number of rotatable bonds is 6. The summed E-state index contributed by atoms with van der Waals surface area (Å²) in [5, 5.41) is 15.3. The number of fused-ring (bicyclic) bond motifs is 1. The normalized spacial score (nSPS) is 28.6. The third-order valence-electron chi connectivity index (χ3n) is 6.26. The third kappa shape index (κ3) is 4.48. The van der Waals surface area contributed by atoms with E-state index < -0.39 is 12.0 Å². The SMILES string of the molecule is O=C(NCCCC(=O)N1CC2CCCC2C1C(=O)O)NC1CCCCC1. The van der Waals surface area contributed by atoms with Gasteiger partial charge in [0.15, 0.2) is 0 Å². The van der Waals surface area contributed by atoms with E-state index in [1.165, 1.54) is 19.3 Å². The number of urea groups is 1. The highest BCUT2D eigenvalue weighted by Crippen LogP contribution is 2.42. The molecule has 0 radical (unpaired) electrons. The van der Waals surface area contributed by atoms with Crippen LogP contribution < -0.4 is 10.6 Å². The lowest BCUT2D eigenvalue weighted by Gasteiger charge is -2.24. The lowest BCUT2D eigenvalue weighted by molar-refractivity contribution is -0.149. The number of likely N-dealkylation sites (tertiary alicyclic amines) is 1. The maximum Gasteiger partial charge on any atom is 0.326 e. The van der Waals surface area contributed by atoms with E-state index in [1.54, 1.807) is 4.90 Å². The number of nitrogens with zero attached hydrogens (tertiary/aromatic N) is 1. The van der Waals surface area contributed by atoms with Crippen molar-refractivity contribution in [3.63, 3.8) is 0 Å². The van der Waals surface area contributed by atoms with Gasteiger partial charge in [-0.2, -0.15) is 0 Å². The van der Waals surface area contributed by atoms with Crippen molar-refractivity contribution < 1.29 is 19.5 Å². The molecule has 1 aliphatic heterocycles. The average Bonchev–Trinajstić information content (AvgIpc) is 3.20. The van der Waals surface area contributed by atoms with E-state index in [-0.39, 0.29) is 30.3 Å². The molecular weight excluding hydrogens is 334 g/mol. The Labute approximate surface area is 154 Å². The maximum atomic E-state index is 12.5. The Kier molecular flexibility index (Phi) is 6.38. The molecule has 3 unspecified atom stereocenters. The Morgan fingerprint density at radius 3 is 2.50 bits per heavy atom. The van der Waals surface area contributed by atoms with Crippen LogP contribution in [0.1, 0.15) is 64.2 Å². The van der Waals surface area contributed by atoms with Crippen molar-refractivity contribution in [3.05, 3.63) is 0 Å². The molecule has 3 fully saturated rings. The number of nitrogens with one attached hydrogen (secondary N) is 2. The van der Waals surface area contributed by atoms with Crippen LogP contribution in [0.25, 0.3) is 0 Å². The van der Waals surface area contributed by atoms with Gasteiger partial charge >= 0.3 is 12.0 Å². The highest BCUT2D eigenvalue weighted by atomic mass is 16.4. The number of hydrogen-bond donors (Lipinski definition) is 3. The largest absolute Gasteiger partial charge is 0.480 e. The molecule has 2 saturated carbocycles. The summed E-state index contributed by atoms with van der Waals surface area (Å²) in [6.45, 7) is 1.01. The van der Waals surface area contributed by atoms with Crippen LogP contribution in [-0.2, 0) is 9.59 Å². The van der Waals surface area contributed by atoms with Crippen LogP contribution in [0.15, 0.2) is 0 Å². The van der Waals surface area contributed by atoms with Gasteiger partial charge in [0, 0.05) is 25.6 Å². The van der Waals surface area contributed by atoms with E-state index in [2.05, 4.69) is 10.6 Å². The van der Waals surface area contributed by atoms with E-state index in [0.717, 1.165) is 32.1 Å². The maximum absolute atomic E-state index is 12.5. The molecule has 7 heteroatoms. The van der Waals surface area contributed by atoms with E-state index >= 15 is 0 Å². The number of carbonyl (C=O) groups is 3. The van der Waals surface area contributed by atoms with Crippen molar-refractivity contribution >= 4 is 17.9 Å². The number of carboxylic acid groups (broad SMARTS) is 1. The van der Waals surface area contributed by atoms with E-state index in [4.69, 9.17) is 0 Å². The molecule has 0 aromatic heterocycles. The Bertz CT molecular complexity index is 533. The first-order valence-electron chi connectivity index (χ1n) is 10.1. The van der Waals surface area contributed by atoms with Gasteiger partial charge in [0.25, 0.3) is 0 Å². The van der Waals surface area contributed by atoms with Crippen molar-refractivity contribution in [3.8, 4) is 0 Å². The first kappa shape index (κ1) is 19.0. The van der Waals surface area contributed by atoms with E-state index in [9.17, 15) is 19.5 Å². The van der Waals surface area contributed by atoms with Gasteiger partial charge in [-0.25, -0.2) is 9.59 Å². The fraction of sp³-hybridized carbons (Fsp3) is 0.842. The van der Waals surface area contributed by atoms with Gasteiger partial charge in [0.1, 0.15) is 6.04 Å². The second-order valence-electron chi connectivity index (χ2n) is 8.02. The second-order valence-corrected chi connectivity index (χ2v) is 8.02. The Morgan fingerprint density at radius 2 is 1.77 bits per heavy atom. The molecule has 3 aliphatic rings. The van der Waals surface area contributed by atoms with Crippen LogP contribution in [0, 0.1) is 11.8 Å². The molecule has 3 amide bonds. The van der Waals surface area contributed by atoms with Gasteiger partial charge in [0.05, 0.1) is 0 Å². The zero-order valence-corrected chi connectivity index (χ0v) is 15.4. The number of carbonyl (C=O) groups excluding carboxylic acids is 2. The molecule has 146 valence electrons. The van der Waals surface area contributed by atoms with Crippen LogP contribution in [-0.4, -0.2) is 53.1 Å². The first-order valence-corrected chi connectivity index (χ1v) is 10.1. The van der Waals surface area contributed by atoms with Crippen molar-refractivity contribution in [1.82, 2.24) is 15.5 Å². The van der Waals surface area contributed by atoms with Crippen LogP contribution in [0.3, 0.4) is 0 Å².